The van der Waals surface area contributed by atoms with Crippen LogP contribution < -0.4 is 5.32 Å². The Morgan fingerprint density at radius 1 is 1.32 bits per heavy atom. The fraction of sp³-hybridized carbons (Fsp3) is 0.368. The van der Waals surface area contributed by atoms with Crippen molar-refractivity contribution >= 4 is 17.2 Å². The molecule has 2 aromatic rings. The summed E-state index contributed by atoms with van der Waals surface area (Å²) >= 11 is 1.57. The van der Waals surface area contributed by atoms with Crippen LogP contribution in [0.2, 0.25) is 0 Å². The third kappa shape index (κ3) is 5.22. The van der Waals surface area contributed by atoms with Crippen LogP contribution in [0.4, 0.5) is 0 Å². The van der Waals surface area contributed by atoms with Crippen molar-refractivity contribution in [2.45, 2.75) is 13.0 Å². The number of nitrogens with one attached hydrogen (secondary N) is 1. The Bertz CT molecular complexity index is 706. The Balaban J connectivity index is 1.58. The number of amides is 1. The van der Waals surface area contributed by atoms with E-state index in [1.807, 2.05) is 5.38 Å². The predicted molar refractivity (Wildman–Crippen MR) is 101 cm³/mol. The summed E-state index contributed by atoms with van der Waals surface area (Å²) in [5.74, 6) is -0.0300. The number of rotatable bonds is 7. The van der Waals surface area contributed by atoms with Gasteiger partial charge < -0.3 is 10.1 Å². The highest BCUT2D eigenvalue weighted by Gasteiger charge is 2.12. The zero-order valence-electron chi connectivity index (χ0n) is 14.2. The van der Waals surface area contributed by atoms with Crippen LogP contribution in [0, 0.1) is 0 Å². The molecule has 1 aliphatic rings. The van der Waals surface area contributed by atoms with E-state index in [4.69, 9.17) is 4.74 Å². The van der Waals surface area contributed by atoms with E-state index >= 15 is 0 Å². The molecular formula is C19H23N3O2S. The molecule has 0 aliphatic carbocycles. The number of morpholine rings is 1. The van der Waals surface area contributed by atoms with Crippen LogP contribution in [0.1, 0.15) is 11.3 Å². The molecule has 1 amide bonds. The van der Waals surface area contributed by atoms with Gasteiger partial charge in [0.1, 0.15) is 5.01 Å². The Labute approximate surface area is 152 Å². The lowest BCUT2D eigenvalue weighted by molar-refractivity contribution is -0.120. The van der Waals surface area contributed by atoms with Crippen molar-refractivity contribution in [3.8, 4) is 10.6 Å². The van der Waals surface area contributed by atoms with E-state index in [1.54, 1.807) is 17.4 Å². The molecule has 1 aromatic heterocycles. The predicted octanol–water partition coefficient (Wildman–Crippen LogP) is 2.49. The Hall–Kier alpha value is -2.02. The second kappa shape index (κ2) is 8.89. The number of carbonyl (C=O) groups is 1. The van der Waals surface area contributed by atoms with Gasteiger partial charge in [0.2, 0.25) is 5.91 Å². The lowest BCUT2D eigenvalue weighted by Gasteiger charge is -2.26. The van der Waals surface area contributed by atoms with Crippen LogP contribution >= 0.6 is 11.3 Å². The zero-order chi connectivity index (χ0) is 17.5. The van der Waals surface area contributed by atoms with Gasteiger partial charge in [0, 0.05) is 37.1 Å². The van der Waals surface area contributed by atoms with Gasteiger partial charge in [0.05, 0.1) is 25.3 Å². The minimum atomic E-state index is -0.0300. The van der Waals surface area contributed by atoms with E-state index in [-0.39, 0.29) is 5.91 Å². The second-order valence-electron chi connectivity index (χ2n) is 6.00. The standard InChI is InChI=1S/C19H23N3O2S/c1-2-7-20-18(23)12-17-14-25-19(21-17)16-5-3-15(4-6-16)13-22-8-10-24-11-9-22/h2-6,14H,1,7-13H2,(H,20,23). The van der Waals surface area contributed by atoms with Gasteiger partial charge >= 0.3 is 0 Å². The molecule has 3 rings (SSSR count). The maximum absolute atomic E-state index is 11.7. The van der Waals surface area contributed by atoms with Crippen LogP contribution in [-0.2, 0) is 22.5 Å². The molecule has 6 heteroatoms. The van der Waals surface area contributed by atoms with Crippen molar-refractivity contribution in [2.24, 2.45) is 0 Å². The summed E-state index contributed by atoms with van der Waals surface area (Å²) in [5.41, 5.74) is 3.19. The molecule has 1 aliphatic heterocycles. The number of hydrogen-bond acceptors (Lipinski definition) is 5. The lowest BCUT2D eigenvalue weighted by Crippen LogP contribution is -2.35. The van der Waals surface area contributed by atoms with Crippen molar-refractivity contribution in [3.63, 3.8) is 0 Å². The molecule has 0 bridgehead atoms. The lowest BCUT2D eigenvalue weighted by atomic mass is 10.1. The topological polar surface area (TPSA) is 54.5 Å². The Kier molecular flexibility index (Phi) is 6.33. The quantitative estimate of drug-likeness (QED) is 0.774. The van der Waals surface area contributed by atoms with E-state index in [9.17, 15) is 4.79 Å². The normalized spacial score (nSPS) is 15.0. The van der Waals surface area contributed by atoms with Gasteiger partial charge in [-0.3, -0.25) is 9.69 Å². The first-order chi connectivity index (χ1) is 12.2. The number of aromatic nitrogens is 1. The molecule has 0 radical (unpaired) electrons. The number of thiazole rings is 1. The van der Waals surface area contributed by atoms with Gasteiger partial charge in [-0.15, -0.1) is 17.9 Å². The number of ether oxygens (including phenoxy) is 1. The molecule has 132 valence electrons. The smallest absolute Gasteiger partial charge is 0.226 e. The molecule has 1 saturated heterocycles. The summed E-state index contributed by atoms with van der Waals surface area (Å²) < 4.78 is 5.38. The molecule has 25 heavy (non-hydrogen) atoms. The summed E-state index contributed by atoms with van der Waals surface area (Å²) in [4.78, 5) is 18.7. The van der Waals surface area contributed by atoms with Gasteiger partial charge in [0.15, 0.2) is 0 Å². The molecule has 2 heterocycles. The average molecular weight is 357 g/mol. The first kappa shape index (κ1) is 17.8. The minimum Gasteiger partial charge on any atom is -0.379 e. The SMILES string of the molecule is C=CCNC(=O)Cc1csc(-c2ccc(CN3CCOCC3)cc2)n1. The summed E-state index contributed by atoms with van der Waals surface area (Å²) in [6.45, 7) is 8.65. The van der Waals surface area contributed by atoms with Crippen molar-refractivity contribution in [1.29, 1.82) is 0 Å². The maximum Gasteiger partial charge on any atom is 0.226 e. The molecule has 1 aromatic carbocycles. The first-order valence-corrected chi connectivity index (χ1v) is 9.34. The second-order valence-corrected chi connectivity index (χ2v) is 6.86. The van der Waals surface area contributed by atoms with Gasteiger partial charge in [-0.1, -0.05) is 30.3 Å². The van der Waals surface area contributed by atoms with Gasteiger partial charge in [0.25, 0.3) is 0 Å². The third-order valence-electron chi connectivity index (χ3n) is 4.05. The van der Waals surface area contributed by atoms with Crippen LogP contribution in [-0.4, -0.2) is 48.6 Å². The summed E-state index contributed by atoms with van der Waals surface area (Å²) in [7, 11) is 0. The largest absolute Gasteiger partial charge is 0.379 e. The average Bonchev–Trinajstić information content (AvgIpc) is 3.10. The van der Waals surface area contributed by atoms with E-state index in [2.05, 4.69) is 46.0 Å². The third-order valence-corrected chi connectivity index (χ3v) is 4.99. The number of carbonyl (C=O) groups excluding carboxylic acids is 1. The number of benzene rings is 1. The Morgan fingerprint density at radius 3 is 2.80 bits per heavy atom. The maximum atomic E-state index is 11.7. The molecule has 1 fully saturated rings. The molecule has 0 unspecified atom stereocenters. The molecule has 1 N–H and O–H groups in total. The first-order valence-electron chi connectivity index (χ1n) is 8.46. The monoisotopic (exact) mass is 357 g/mol. The molecule has 0 spiro atoms. The van der Waals surface area contributed by atoms with E-state index in [1.165, 1.54) is 5.56 Å². The van der Waals surface area contributed by atoms with Crippen molar-refractivity contribution in [1.82, 2.24) is 15.2 Å². The van der Waals surface area contributed by atoms with Gasteiger partial charge in [-0.25, -0.2) is 4.98 Å². The van der Waals surface area contributed by atoms with Crippen LogP contribution in [0.15, 0.2) is 42.3 Å². The summed E-state index contributed by atoms with van der Waals surface area (Å²) in [5, 5.41) is 5.67. The van der Waals surface area contributed by atoms with Gasteiger partial charge in [-0.05, 0) is 5.56 Å². The minimum absolute atomic E-state index is 0.0300. The zero-order valence-corrected chi connectivity index (χ0v) is 15.1. The van der Waals surface area contributed by atoms with Crippen molar-refractivity contribution in [2.75, 3.05) is 32.8 Å². The Morgan fingerprint density at radius 2 is 2.08 bits per heavy atom. The summed E-state index contributed by atoms with van der Waals surface area (Å²) in [6.07, 6.45) is 1.97. The molecule has 0 saturated carbocycles. The highest BCUT2D eigenvalue weighted by Crippen LogP contribution is 2.24. The fourth-order valence-corrected chi connectivity index (χ4v) is 3.53. The number of nitrogens with zero attached hydrogens (tertiary/aromatic N) is 2. The van der Waals surface area contributed by atoms with E-state index < -0.39 is 0 Å². The van der Waals surface area contributed by atoms with Crippen molar-refractivity contribution < 1.29 is 9.53 Å². The van der Waals surface area contributed by atoms with Crippen LogP contribution in [0.3, 0.4) is 0 Å². The van der Waals surface area contributed by atoms with Crippen molar-refractivity contribution in [3.05, 3.63) is 53.6 Å². The fourth-order valence-electron chi connectivity index (χ4n) is 2.70. The summed E-state index contributed by atoms with van der Waals surface area (Å²) in [6, 6.07) is 8.53. The van der Waals surface area contributed by atoms with Gasteiger partial charge in [-0.2, -0.15) is 0 Å². The molecular weight excluding hydrogens is 334 g/mol. The van der Waals surface area contributed by atoms with E-state index in [0.717, 1.165) is 49.1 Å². The number of hydrogen-bond donors (Lipinski definition) is 1. The highest BCUT2D eigenvalue weighted by molar-refractivity contribution is 7.13. The molecule has 0 atom stereocenters. The molecule has 5 nitrogen and oxygen atoms in total. The highest BCUT2D eigenvalue weighted by atomic mass is 32.1. The van der Waals surface area contributed by atoms with E-state index in [0.29, 0.717) is 13.0 Å². The van der Waals surface area contributed by atoms with Crippen LogP contribution in [0.5, 0.6) is 0 Å². The van der Waals surface area contributed by atoms with Crippen LogP contribution in [0.25, 0.3) is 10.6 Å².